The molecule has 2 aromatic carbocycles. The third-order valence-corrected chi connectivity index (χ3v) is 6.55. The summed E-state index contributed by atoms with van der Waals surface area (Å²) in [4.78, 5) is 22.6. The van der Waals surface area contributed by atoms with Crippen molar-refractivity contribution in [3.63, 3.8) is 0 Å². The van der Waals surface area contributed by atoms with Crippen LogP contribution in [0, 0.1) is 0 Å². The maximum absolute atomic E-state index is 13.5. The van der Waals surface area contributed by atoms with Crippen LogP contribution in [0.15, 0.2) is 53.7 Å². The van der Waals surface area contributed by atoms with Gasteiger partial charge in [-0.05, 0) is 29.5 Å². The van der Waals surface area contributed by atoms with Gasteiger partial charge in [-0.1, -0.05) is 24.3 Å². The van der Waals surface area contributed by atoms with Crippen LogP contribution in [0.5, 0.6) is 5.75 Å². The first-order chi connectivity index (χ1) is 15.7. The van der Waals surface area contributed by atoms with E-state index < -0.39 is 6.10 Å². The van der Waals surface area contributed by atoms with Gasteiger partial charge in [-0.15, -0.1) is 0 Å². The van der Waals surface area contributed by atoms with Crippen LogP contribution in [0.1, 0.15) is 29.3 Å². The summed E-state index contributed by atoms with van der Waals surface area (Å²) >= 11 is 0. The number of ether oxygens (including phenoxy) is 2. The van der Waals surface area contributed by atoms with Crippen molar-refractivity contribution in [1.82, 2.24) is 14.5 Å². The predicted molar refractivity (Wildman–Crippen MR) is 120 cm³/mol. The summed E-state index contributed by atoms with van der Waals surface area (Å²) in [7, 11) is 0. The molecule has 1 N–H and O–H groups in total. The minimum absolute atomic E-state index is 0.135. The van der Waals surface area contributed by atoms with Crippen molar-refractivity contribution in [1.29, 1.82) is 0 Å². The maximum atomic E-state index is 13.5. The Labute approximate surface area is 184 Å². The fraction of sp³-hybridized carbons (Fsp3) is 0.320. The second-order valence-electron chi connectivity index (χ2n) is 8.45. The number of rotatable bonds is 3. The second-order valence-corrected chi connectivity index (χ2v) is 8.45. The topological polar surface area (TPSA) is 86.5 Å². The monoisotopic (exact) mass is 429 g/mol. The van der Waals surface area contributed by atoms with Gasteiger partial charge in [0.1, 0.15) is 5.75 Å². The van der Waals surface area contributed by atoms with Gasteiger partial charge in [0.05, 0.1) is 48.3 Å². The van der Waals surface area contributed by atoms with Crippen LogP contribution in [0.2, 0.25) is 0 Å². The summed E-state index contributed by atoms with van der Waals surface area (Å²) in [6, 6.07) is 11.7. The Morgan fingerprint density at radius 3 is 2.81 bits per heavy atom. The number of benzene rings is 2. The lowest BCUT2D eigenvalue weighted by Crippen LogP contribution is -2.39. The molecule has 4 heterocycles. The zero-order valence-electron chi connectivity index (χ0n) is 17.5. The van der Waals surface area contributed by atoms with E-state index in [1.807, 2.05) is 36.5 Å². The molecule has 1 saturated heterocycles. The lowest BCUT2D eigenvalue weighted by Gasteiger charge is -2.29. The number of aliphatic hydroxyl groups excluding tert-OH is 1. The molecule has 0 amide bonds. The number of fused-ring (bicyclic) bond motifs is 4. The lowest BCUT2D eigenvalue weighted by atomic mass is 9.95. The molecule has 32 heavy (non-hydrogen) atoms. The Morgan fingerprint density at radius 1 is 1.06 bits per heavy atom. The van der Waals surface area contributed by atoms with Gasteiger partial charge in [-0.2, -0.15) is 0 Å². The minimum atomic E-state index is -0.725. The van der Waals surface area contributed by atoms with E-state index in [-0.39, 0.29) is 18.2 Å². The first-order valence-electron chi connectivity index (χ1n) is 11.0. The van der Waals surface area contributed by atoms with Gasteiger partial charge in [0.25, 0.3) is 5.56 Å². The van der Waals surface area contributed by atoms with E-state index in [4.69, 9.17) is 9.47 Å². The molecule has 2 atom stereocenters. The van der Waals surface area contributed by atoms with Crippen molar-refractivity contribution in [2.75, 3.05) is 19.8 Å². The Bertz CT molecular complexity index is 1400. The first-order valence-corrected chi connectivity index (χ1v) is 11.0. The highest BCUT2D eigenvalue weighted by atomic mass is 16.5. The van der Waals surface area contributed by atoms with Gasteiger partial charge < -0.3 is 14.6 Å². The Hall–Kier alpha value is -3.29. The molecule has 0 spiro atoms. The van der Waals surface area contributed by atoms with Crippen molar-refractivity contribution in [3.05, 3.63) is 76.1 Å². The number of hydrogen-bond donors (Lipinski definition) is 1. The third-order valence-electron chi connectivity index (χ3n) is 6.55. The number of aliphatic hydroxyl groups is 1. The molecule has 0 saturated carbocycles. The summed E-state index contributed by atoms with van der Waals surface area (Å²) in [5.41, 5.74) is 3.65. The molecular formula is C25H23N3O4. The van der Waals surface area contributed by atoms with E-state index in [9.17, 15) is 9.90 Å². The number of nitrogens with zero attached hydrogens (tertiary/aromatic N) is 3. The Balaban J connectivity index is 1.54. The number of pyridine rings is 1. The first kappa shape index (κ1) is 19.4. The highest BCUT2D eigenvalue weighted by Crippen LogP contribution is 2.33. The van der Waals surface area contributed by atoms with Crippen molar-refractivity contribution in [2.45, 2.75) is 31.4 Å². The summed E-state index contributed by atoms with van der Waals surface area (Å²) in [6.07, 6.45) is 4.71. The van der Waals surface area contributed by atoms with Gasteiger partial charge in [0.2, 0.25) is 0 Å². The van der Waals surface area contributed by atoms with Crippen LogP contribution in [0.4, 0.5) is 0 Å². The highest BCUT2D eigenvalue weighted by molar-refractivity contribution is 6.06. The van der Waals surface area contributed by atoms with Crippen molar-refractivity contribution in [3.8, 4) is 5.75 Å². The standard InChI is InChI=1S/C25H23N3O4/c29-22-13-31-9-7-21(22)28-14-27-23-18-4-2-1-3-17(18)16(12-19(23)25(28)30)11-15-5-8-26-20-6-10-32-24(15)20/h1-5,8,12,14,21-22,29H,6-7,9-11,13H2/t21-,22-/m0/s1. The average Bonchev–Trinajstić information content (AvgIpc) is 3.31. The summed E-state index contributed by atoms with van der Waals surface area (Å²) in [6.45, 7) is 1.40. The summed E-state index contributed by atoms with van der Waals surface area (Å²) in [5.74, 6) is 0.866. The van der Waals surface area contributed by atoms with Crippen LogP contribution in [0.3, 0.4) is 0 Å². The fourth-order valence-corrected chi connectivity index (χ4v) is 4.95. The molecular weight excluding hydrogens is 406 g/mol. The van der Waals surface area contributed by atoms with E-state index in [1.54, 1.807) is 10.9 Å². The average molecular weight is 429 g/mol. The van der Waals surface area contributed by atoms with E-state index in [2.05, 4.69) is 16.0 Å². The smallest absolute Gasteiger partial charge is 0.261 e. The molecule has 2 aliphatic heterocycles. The molecule has 2 aliphatic rings. The third kappa shape index (κ3) is 3.08. The predicted octanol–water partition coefficient (Wildman–Crippen LogP) is 2.79. The lowest BCUT2D eigenvalue weighted by molar-refractivity contribution is -0.0395. The largest absolute Gasteiger partial charge is 0.491 e. The maximum Gasteiger partial charge on any atom is 0.261 e. The zero-order chi connectivity index (χ0) is 21.7. The number of hydrogen-bond acceptors (Lipinski definition) is 6. The van der Waals surface area contributed by atoms with Crippen LogP contribution < -0.4 is 10.3 Å². The fourth-order valence-electron chi connectivity index (χ4n) is 4.95. The Morgan fingerprint density at radius 2 is 1.94 bits per heavy atom. The van der Waals surface area contributed by atoms with Gasteiger partial charge in [-0.3, -0.25) is 14.3 Å². The molecule has 162 valence electrons. The second kappa shape index (κ2) is 7.69. The van der Waals surface area contributed by atoms with Crippen molar-refractivity contribution < 1.29 is 14.6 Å². The van der Waals surface area contributed by atoms with E-state index in [0.717, 1.165) is 39.8 Å². The van der Waals surface area contributed by atoms with E-state index >= 15 is 0 Å². The molecule has 6 rings (SSSR count). The van der Waals surface area contributed by atoms with E-state index in [1.165, 1.54) is 0 Å². The molecule has 1 fully saturated rings. The minimum Gasteiger partial charge on any atom is -0.491 e. The quantitative estimate of drug-likeness (QED) is 0.504. The SMILES string of the molecule is O=c1c2cc(Cc3ccnc4c3OCC4)c3ccccc3c2ncn1[C@H]1CCOC[C@@H]1O. The van der Waals surface area contributed by atoms with Gasteiger partial charge >= 0.3 is 0 Å². The molecule has 7 heteroatoms. The molecule has 2 aromatic heterocycles. The van der Waals surface area contributed by atoms with Gasteiger partial charge in [-0.25, -0.2) is 4.98 Å². The normalized spacial score (nSPS) is 20.4. The van der Waals surface area contributed by atoms with Crippen LogP contribution >= 0.6 is 0 Å². The number of aromatic nitrogens is 3. The molecule has 0 bridgehead atoms. The molecule has 4 aromatic rings. The van der Waals surface area contributed by atoms with Crippen LogP contribution in [0.25, 0.3) is 21.7 Å². The van der Waals surface area contributed by atoms with Crippen LogP contribution in [-0.4, -0.2) is 45.6 Å². The van der Waals surface area contributed by atoms with Gasteiger partial charge in [0, 0.05) is 36.6 Å². The zero-order valence-corrected chi connectivity index (χ0v) is 17.5. The molecule has 0 unspecified atom stereocenters. The van der Waals surface area contributed by atoms with Crippen LogP contribution in [-0.2, 0) is 17.6 Å². The summed E-state index contributed by atoms with van der Waals surface area (Å²) < 4.78 is 12.8. The van der Waals surface area contributed by atoms with Gasteiger partial charge in [0.15, 0.2) is 0 Å². The molecule has 0 aliphatic carbocycles. The summed E-state index contributed by atoms with van der Waals surface area (Å²) in [5, 5.41) is 13.0. The molecule has 0 radical (unpaired) electrons. The highest BCUT2D eigenvalue weighted by Gasteiger charge is 2.27. The van der Waals surface area contributed by atoms with Crippen molar-refractivity contribution in [2.24, 2.45) is 0 Å². The Kier molecular flexibility index (Phi) is 4.66. The van der Waals surface area contributed by atoms with Crippen molar-refractivity contribution >= 4 is 21.7 Å². The van der Waals surface area contributed by atoms with E-state index in [0.29, 0.717) is 37.0 Å². The molecule has 7 nitrogen and oxygen atoms in total.